The smallest absolute Gasteiger partial charge is 0.258 e. The monoisotopic (exact) mass is 436 g/mol. The van der Waals surface area contributed by atoms with Crippen LogP contribution in [0.2, 0.25) is 10.0 Å². The molecule has 0 saturated carbocycles. The number of carbonyl (C=O) groups excluding carboxylic acids is 1. The summed E-state index contributed by atoms with van der Waals surface area (Å²) in [7, 11) is 0. The first-order valence-electron chi connectivity index (χ1n) is 5.47. The van der Waals surface area contributed by atoms with Gasteiger partial charge in [-0.2, -0.15) is 0 Å². The minimum Gasteiger partial charge on any atom is -0.305 e. The zero-order valence-electron chi connectivity index (χ0n) is 10.2. The molecule has 20 heavy (non-hydrogen) atoms. The van der Waals surface area contributed by atoms with Crippen molar-refractivity contribution in [3.05, 3.63) is 54.5 Å². The van der Waals surface area contributed by atoms with E-state index in [1.165, 1.54) is 0 Å². The molecule has 0 unspecified atom stereocenters. The molecule has 1 aromatic heterocycles. The lowest BCUT2D eigenvalue weighted by molar-refractivity contribution is 0.102. The first kappa shape index (κ1) is 15.8. The van der Waals surface area contributed by atoms with Crippen molar-refractivity contribution < 1.29 is 4.79 Å². The molecule has 0 aliphatic carbocycles. The average molecular weight is 439 g/mol. The maximum atomic E-state index is 12.2. The third-order valence-electron chi connectivity index (χ3n) is 2.51. The van der Waals surface area contributed by atoms with Crippen molar-refractivity contribution in [2.75, 3.05) is 5.32 Å². The van der Waals surface area contributed by atoms with Crippen LogP contribution < -0.4 is 5.32 Å². The Morgan fingerprint density at radius 2 is 1.90 bits per heavy atom. The quantitative estimate of drug-likeness (QED) is 0.675. The van der Waals surface area contributed by atoms with E-state index in [9.17, 15) is 4.79 Å². The lowest BCUT2D eigenvalue weighted by atomic mass is 10.2. The van der Waals surface area contributed by atoms with Gasteiger partial charge in [-0.1, -0.05) is 39.1 Å². The van der Waals surface area contributed by atoms with E-state index >= 15 is 0 Å². The minimum atomic E-state index is -0.305. The molecule has 0 saturated heterocycles. The number of aryl methyl sites for hydroxylation is 1. The second-order valence-electron chi connectivity index (χ2n) is 3.96. The summed E-state index contributed by atoms with van der Waals surface area (Å²) in [6.07, 6.45) is 0. The van der Waals surface area contributed by atoms with E-state index in [1.54, 1.807) is 31.2 Å². The fourth-order valence-corrected chi connectivity index (χ4v) is 3.13. The molecule has 1 aromatic carbocycles. The zero-order chi connectivity index (χ0) is 14.9. The van der Waals surface area contributed by atoms with Crippen LogP contribution in [0.3, 0.4) is 0 Å². The third-order valence-corrected chi connectivity index (χ3v) is 4.33. The van der Waals surface area contributed by atoms with Gasteiger partial charge in [-0.15, -0.1) is 0 Å². The summed E-state index contributed by atoms with van der Waals surface area (Å²) >= 11 is 18.6. The molecule has 0 radical (unpaired) electrons. The Morgan fingerprint density at radius 3 is 2.55 bits per heavy atom. The first-order chi connectivity index (χ1) is 9.38. The van der Waals surface area contributed by atoms with E-state index in [1.807, 2.05) is 0 Å². The molecule has 0 atom stereocenters. The number of amides is 1. The third kappa shape index (κ3) is 3.52. The maximum Gasteiger partial charge on any atom is 0.258 e. The molecule has 1 N–H and O–H groups in total. The predicted octanol–water partition coefficient (Wildman–Crippen LogP) is 5.47. The number of hydrogen-bond donors (Lipinski definition) is 1. The number of aromatic nitrogens is 1. The molecule has 0 fully saturated rings. The van der Waals surface area contributed by atoms with Crippen LogP contribution >= 0.6 is 55.1 Å². The number of benzene rings is 1. The number of nitrogens with one attached hydrogen (secondary N) is 1. The highest BCUT2D eigenvalue weighted by Crippen LogP contribution is 2.27. The Morgan fingerprint density at radius 1 is 1.20 bits per heavy atom. The van der Waals surface area contributed by atoms with Gasteiger partial charge in [-0.05, 0) is 47.1 Å². The van der Waals surface area contributed by atoms with Gasteiger partial charge >= 0.3 is 0 Å². The largest absolute Gasteiger partial charge is 0.305 e. The van der Waals surface area contributed by atoms with Crippen LogP contribution in [0, 0.1) is 6.92 Å². The highest BCUT2D eigenvalue weighted by Gasteiger charge is 2.14. The summed E-state index contributed by atoms with van der Waals surface area (Å²) in [5.74, 6) is -0.0196. The van der Waals surface area contributed by atoms with E-state index in [4.69, 9.17) is 23.2 Å². The second kappa shape index (κ2) is 6.43. The Kier molecular flexibility index (Phi) is 5.07. The first-order valence-corrected chi connectivity index (χ1v) is 7.81. The number of nitrogens with zero attached hydrogens (tertiary/aromatic N) is 1. The Bertz CT molecular complexity index is 692. The Hall–Kier alpha value is -0.620. The van der Waals surface area contributed by atoms with Crippen molar-refractivity contribution in [3.63, 3.8) is 0 Å². The number of rotatable bonds is 2. The van der Waals surface area contributed by atoms with E-state index in [2.05, 4.69) is 42.2 Å². The number of halogens is 4. The van der Waals surface area contributed by atoms with Gasteiger partial charge < -0.3 is 5.32 Å². The van der Waals surface area contributed by atoms with E-state index in [-0.39, 0.29) is 11.7 Å². The van der Waals surface area contributed by atoms with Crippen LogP contribution in [0.4, 0.5) is 5.82 Å². The van der Waals surface area contributed by atoms with Gasteiger partial charge in [0.05, 0.1) is 21.3 Å². The van der Waals surface area contributed by atoms with Crippen LogP contribution in [0.1, 0.15) is 16.1 Å². The maximum absolute atomic E-state index is 12.2. The molecule has 7 heteroatoms. The van der Waals surface area contributed by atoms with Crippen molar-refractivity contribution in [1.29, 1.82) is 0 Å². The molecule has 1 amide bonds. The van der Waals surface area contributed by atoms with Gasteiger partial charge in [0.25, 0.3) is 5.91 Å². The summed E-state index contributed by atoms with van der Waals surface area (Å²) < 4.78 is 1.55. The number of hydrogen-bond acceptors (Lipinski definition) is 2. The zero-order valence-corrected chi connectivity index (χ0v) is 14.9. The van der Waals surface area contributed by atoms with Gasteiger partial charge in [0.15, 0.2) is 5.82 Å². The standard InChI is InChI=1S/C13H8Br2Cl2N2O/c1-6-10(16)5-11(17)12(18-6)19-13(20)8-3-2-7(14)4-9(8)15/h2-5H,1H3,(H,18,19,20). The van der Waals surface area contributed by atoms with Crippen LogP contribution in [0.15, 0.2) is 33.2 Å². The van der Waals surface area contributed by atoms with E-state index in [0.717, 1.165) is 4.47 Å². The van der Waals surface area contributed by atoms with Crippen LogP contribution in [-0.2, 0) is 0 Å². The van der Waals surface area contributed by atoms with Crippen molar-refractivity contribution in [3.8, 4) is 0 Å². The normalized spacial score (nSPS) is 10.4. The SMILES string of the molecule is Cc1nc(NC(=O)c2ccc(Br)cc2Br)c(Cl)cc1Cl. The topological polar surface area (TPSA) is 42.0 Å². The second-order valence-corrected chi connectivity index (χ2v) is 6.55. The number of anilines is 1. The predicted molar refractivity (Wildman–Crippen MR) is 88.8 cm³/mol. The molecular weight excluding hydrogens is 431 g/mol. The molecule has 2 rings (SSSR count). The lowest BCUT2D eigenvalue weighted by Crippen LogP contribution is -2.14. The van der Waals surface area contributed by atoms with E-state index in [0.29, 0.717) is 25.8 Å². The van der Waals surface area contributed by atoms with Gasteiger partial charge in [-0.25, -0.2) is 4.98 Å². The fraction of sp³-hybridized carbons (Fsp3) is 0.0769. The Balaban J connectivity index is 2.30. The molecule has 0 aliphatic heterocycles. The summed E-state index contributed by atoms with van der Waals surface area (Å²) in [6.45, 7) is 1.74. The molecule has 2 aromatic rings. The molecule has 3 nitrogen and oxygen atoms in total. The summed E-state index contributed by atoms with van der Waals surface area (Å²) in [5.41, 5.74) is 1.08. The summed E-state index contributed by atoms with van der Waals surface area (Å²) in [6, 6.07) is 6.82. The highest BCUT2D eigenvalue weighted by molar-refractivity contribution is 9.11. The van der Waals surface area contributed by atoms with Gasteiger partial charge in [0.2, 0.25) is 0 Å². The highest BCUT2D eigenvalue weighted by atomic mass is 79.9. The number of carbonyl (C=O) groups is 1. The summed E-state index contributed by atoms with van der Waals surface area (Å²) in [4.78, 5) is 16.4. The van der Waals surface area contributed by atoms with Crippen molar-refractivity contribution in [2.45, 2.75) is 6.92 Å². The summed E-state index contributed by atoms with van der Waals surface area (Å²) in [5, 5.41) is 3.42. The lowest BCUT2D eigenvalue weighted by Gasteiger charge is -2.09. The number of pyridine rings is 1. The van der Waals surface area contributed by atoms with Crippen molar-refractivity contribution >= 4 is 66.8 Å². The Labute approximate surface area is 142 Å². The molecule has 0 bridgehead atoms. The van der Waals surface area contributed by atoms with Gasteiger partial charge in [0.1, 0.15) is 0 Å². The van der Waals surface area contributed by atoms with Crippen molar-refractivity contribution in [2.24, 2.45) is 0 Å². The van der Waals surface area contributed by atoms with Crippen LogP contribution in [0.25, 0.3) is 0 Å². The average Bonchev–Trinajstić information content (AvgIpc) is 2.35. The molecule has 0 spiro atoms. The molecule has 104 valence electrons. The fourth-order valence-electron chi connectivity index (χ4n) is 1.49. The van der Waals surface area contributed by atoms with E-state index < -0.39 is 0 Å². The van der Waals surface area contributed by atoms with Crippen LogP contribution in [-0.4, -0.2) is 10.9 Å². The van der Waals surface area contributed by atoms with Crippen LogP contribution in [0.5, 0.6) is 0 Å². The van der Waals surface area contributed by atoms with Gasteiger partial charge in [-0.3, -0.25) is 4.79 Å². The molecular formula is C13H8Br2Cl2N2O. The van der Waals surface area contributed by atoms with Crippen molar-refractivity contribution in [1.82, 2.24) is 4.98 Å². The molecule has 1 heterocycles. The van der Waals surface area contributed by atoms with Gasteiger partial charge in [0, 0.05) is 8.95 Å². The minimum absolute atomic E-state index is 0.286. The molecule has 0 aliphatic rings.